The van der Waals surface area contributed by atoms with Gasteiger partial charge in [-0.25, -0.2) is 4.79 Å². The van der Waals surface area contributed by atoms with Crippen molar-refractivity contribution < 1.29 is 4.79 Å². The summed E-state index contributed by atoms with van der Waals surface area (Å²) >= 11 is 0. The van der Waals surface area contributed by atoms with Crippen LogP contribution < -0.4 is 10.6 Å². The SMILES string of the molecule is Cc1ccccc1CNC(=O)Nc1ccnn1C. The molecule has 5 heteroatoms. The van der Waals surface area contributed by atoms with Crippen LogP contribution in [0.25, 0.3) is 0 Å². The second-order valence-corrected chi connectivity index (χ2v) is 4.07. The first kappa shape index (κ1) is 12.2. The van der Waals surface area contributed by atoms with Gasteiger partial charge in [0, 0.05) is 19.7 Å². The van der Waals surface area contributed by atoms with Crippen molar-refractivity contribution in [2.45, 2.75) is 13.5 Å². The Morgan fingerprint density at radius 3 is 2.78 bits per heavy atom. The number of rotatable bonds is 3. The predicted octanol–water partition coefficient (Wildman–Crippen LogP) is 2.05. The molecule has 2 N–H and O–H groups in total. The number of carbonyl (C=O) groups excluding carboxylic acids is 1. The van der Waals surface area contributed by atoms with Crippen molar-refractivity contribution in [3.05, 3.63) is 47.7 Å². The van der Waals surface area contributed by atoms with Gasteiger partial charge in [-0.05, 0) is 18.1 Å². The largest absolute Gasteiger partial charge is 0.334 e. The van der Waals surface area contributed by atoms with E-state index in [-0.39, 0.29) is 6.03 Å². The maximum absolute atomic E-state index is 11.7. The fourth-order valence-corrected chi connectivity index (χ4v) is 1.64. The normalized spacial score (nSPS) is 10.1. The zero-order chi connectivity index (χ0) is 13.0. The molecule has 1 aromatic carbocycles. The smallest absolute Gasteiger partial charge is 0.320 e. The lowest BCUT2D eigenvalue weighted by atomic mass is 10.1. The number of hydrogen-bond donors (Lipinski definition) is 2. The Hall–Kier alpha value is -2.30. The molecule has 18 heavy (non-hydrogen) atoms. The third-order valence-corrected chi connectivity index (χ3v) is 2.76. The van der Waals surface area contributed by atoms with Crippen LogP contribution in [0.15, 0.2) is 36.5 Å². The Labute approximate surface area is 106 Å². The summed E-state index contributed by atoms with van der Waals surface area (Å²) in [5.74, 6) is 0.664. The Kier molecular flexibility index (Phi) is 3.62. The quantitative estimate of drug-likeness (QED) is 0.868. The van der Waals surface area contributed by atoms with Gasteiger partial charge in [-0.1, -0.05) is 24.3 Å². The molecule has 2 amide bonds. The molecule has 0 aliphatic rings. The van der Waals surface area contributed by atoms with Crippen LogP contribution in [0.1, 0.15) is 11.1 Å². The molecule has 0 unspecified atom stereocenters. The maximum atomic E-state index is 11.7. The zero-order valence-electron chi connectivity index (χ0n) is 10.5. The van der Waals surface area contributed by atoms with E-state index < -0.39 is 0 Å². The van der Waals surface area contributed by atoms with Gasteiger partial charge in [-0.2, -0.15) is 5.10 Å². The Bertz CT molecular complexity index is 547. The number of hydrogen-bond acceptors (Lipinski definition) is 2. The number of nitrogens with zero attached hydrogens (tertiary/aromatic N) is 2. The minimum atomic E-state index is -0.234. The van der Waals surface area contributed by atoms with Crippen LogP contribution in [0.5, 0.6) is 0 Å². The van der Waals surface area contributed by atoms with Gasteiger partial charge < -0.3 is 5.32 Å². The van der Waals surface area contributed by atoms with Crippen molar-refractivity contribution in [3.8, 4) is 0 Å². The number of aromatic nitrogens is 2. The summed E-state index contributed by atoms with van der Waals surface area (Å²) in [7, 11) is 1.77. The van der Waals surface area contributed by atoms with Crippen molar-refractivity contribution in [3.63, 3.8) is 0 Å². The zero-order valence-corrected chi connectivity index (χ0v) is 10.5. The molecule has 0 spiro atoms. The molecule has 0 fully saturated rings. The maximum Gasteiger partial charge on any atom is 0.320 e. The number of amides is 2. The number of carbonyl (C=O) groups is 1. The first-order chi connectivity index (χ1) is 8.66. The molecule has 1 aromatic heterocycles. The number of nitrogens with one attached hydrogen (secondary N) is 2. The molecular weight excluding hydrogens is 228 g/mol. The molecule has 5 nitrogen and oxygen atoms in total. The summed E-state index contributed by atoms with van der Waals surface area (Å²) in [6.45, 7) is 2.53. The van der Waals surface area contributed by atoms with Crippen LogP contribution in [-0.2, 0) is 13.6 Å². The van der Waals surface area contributed by atoms with Gasteiger partial charge in [0.15, 0.2) is 0 Å². The summed E-state index contributed by atoms with van der Waals surface area (Å²) in [5.41, 5.74) is 2.27. The highest BCUT2D eigenvalue weighted by Gasteiger charge is 2.05. The molecule has 0 atom stereocenters. The van der Waals surface area contributed by atoms with E-state index in [0.29, 0.717) is 12.4 Å². The lowest BCUT2D eigenvalue weighted by Gasteiger charge is -2.09. The lowest BCUT2D eigenvalue weighted by Crippen LogP contribution is -2.29. The second-order valence-electron chi connectivity index (χ2n) is 4.07. The van der Waals surface area contributed by atoms with Crippen LogP contribution in [0.3, 0.4) is 0 Å². The molecule has 0 saturated heterocycles. The number of aryl methyl sites for hydroxylation is 2. The monoisotopic (exact) mass is 244 g/mol. The highest BCUT2D eigenvalue weighted by Crippen LogP contribution is 2.07. The van der Waals surface area contributed by atoms with Gasteiger partial charge >= 0.3 is 6.03 Å². The van der Waals surface area contributed by atoms with Crippen molar-refractivity contribution >= 4 is 11.8 Å². The molecule has 0 aliphatic carbocycles. The molecular formula is C13H16N4O. The molecule has 0 aliphatic heterocycles. The molecule has 0 radical (unpaired) electrons. The third-order valence-electron chi connectivity index (χ3n) is 2.76. The van der Waals surface area contributed by atoms with Crippen molar-refractivity contribution in [1.29, 1.82) is 0 Å². The summed E-state index contributed by atoms with van der Waals surface area (Å²) in [6, 6.07) is 9.47. The molecule has 0 bridgehead atoms. The topological polar surface area (TPSA) is 59.0 Å². The van der Waals surface area contributed by atoms with Crippen molar-refractivity contribution in [2.24, 2.45) is 7.05 Å². The Balaban J connectivity index is 1.90. The number of urea groups is 1. The summed E-state index contributed by atoms with van der Waals surface area (Å²) in [4.78, 5) is 11.7. The van der Waals surface area contributed by atoms with Crippen LogP contribution in [0.2, 0.25) is 0 Å². The average molecular weight is 244 g/mol. The minimum Gasteiger partial charge on any atom is -0.334 e. The summed E-state index contributed by atoms with van der Waals surface area (Å²) in [6.07, 6.45) is 1.64. The van der Waals surface area contributed by atoms with E-state index in [1.165, 1.54) is 5.56 Å². The average Bonchev–Trinajstić information content (AvgIpc) is 2.74. The van der Waals surface area contributed by atoms with Gasteiger partial charge in [0.2, 0.25) is 0 Å². The molecule has 2 rings (SSSR count). The predicted molar refractivity (Wildman–Crippen MR) is 70.2 cm³/mol. The van der Waals surface area contributed by atoms with Gasteiger partial charge in [0.1, 0.15) is 5.82 Å². The van der Waals surface area contributed by atoms with Crippen LogP contribution in [0, 0.1) is 6.92 Å². The van der Waals surface area contributed by atoms with E-state index in [4.69, 9.17) is 0 Å². The molecule has 0 saturated carbocycles. The minimum absolute atomic E-state index is 0.234. The van der Waals surface area contributed by atoms with Crippen LogP contribution in [0.4, 0.5) is 10.6 Å². The van der Waals surface area contributed by atoms with E-state index in [1.807, 2.05) is 31.2 Å². The van der Waals surface area contributed by atoms with Gasteiger partial charge in [0.05, 0.1) is 6.20 Å². The molecule has 94 valence electrons. The standard InChI is InChI=1S/C13H16N4O/c1-10-5-3-4-6-11(10)9-14-13(18)16-12-7-8-15-17(12)2/h3-8H,9H2,1-2H3,(H2,14,16,18). The van der Waals surface area contributed by atoms with Crippen LogP contribution >= 0.6 is 0 Å². The van der Waals surface area contributed by atoms with Gasteiger partial charge in [-0.15, -0.1) is 0 Å². The van der Waals surface area contributed by atoms with Crippen LogP contribution in [-0.4, -0.2) is 15.8 Å². The first-order valence-corrected chi connectivity index (χ1v) is 5.74. The number of benzene rings is 1. The van der Waals surface area contributed by atoms with Crippen molar-refractivity contribution in [1.82, 2.24) is 15.1 Å². The Morgan fingerprint density at radius 1 is 1.33 bits per heavy atom. The first-order valence-electron chi connectivity index (χ1n) is 5.74. The summed E-state index contributed by atoms with van der Waals surface area (Å²) < 4.78 is 1.60. The fourth-order valence-electron chi connectivity index (χ4n) is 1.64. The van der Waals surface area contributed by atoms with E-state index in [0.717, 1.165) is 5.56 Å². The number of anilines is 1. The van der Waals surface area contributed by atoms with Crippen molar-refractivity contribution in [2.75, 3.05) is 5.32 Å². The molecule has 1 heterocycles. The highest BCUT2D eigenvalue weighted by molar-refractivity contribution is 5.88. The lowest BCUT2D eigenvalue weighted by molar-refractivity contribution is 0.251. The fraction of sp³-hybridized carbons (Fsp3) is 0.231. The van der Waals surface area contributed by atoms with E-state index in [2.05, 4.69) is 15.7 Å². The highest BCUT2D eigenvalue weighted by atomic mass is 16.2. The van der Waals surface area contributed by atoms with E-state index >= 15 is 0 Å². The second kappa shape index (κ2) is 5.35. The van der Waals surface area contributed by atoms with Gasteiger partial charge in [0.25, 0.3) is 0 Å². The van der Waals surface area contributed by atoms with Gasteiger partial charge in [-0.3, -0.25) is 10.00 Å². The van der Waals surface area contributed by atoms with E-state index in [9.17, 15) is 4.79 Å². The third kappa shape index (κ3) is 2.88. The van der Waals surface area contributed by atoms with E-state index in [1.54, 1.807) is 24.0 Å². The Morgan fingerprint density at radius 2 is 2.11 bits per heavy atom. The molecule has 2 aromatic rings. The summed E-state index contributed by atoms with van der Waals surface area (Å²) in [5, 5.41) is 9.52.